The van der Waals surface area contributed by atoms with E-state index in [2.05, 4.69) is 89.5 Å². The second-order valence-electron chi connectivity index (χ2n) is 7.13. The molecule has 0 unspecified atom stereocenters. The minimum absolute atomic E-state index is 0.528. The number of hydrogen-bond acceptors (Lipinski definition) is 5. The first kappa shape index (κ1) is 18.7. The molecule has 0 saturated heterocycles. The second kappa shape index (κ2) is 7.80. The van der Waals surface area contributed by atoms with E-state index in [1.165, 1.54) is 21.9 Å². The van der Waals surface area contributed by atoms with Crippen LogP contribution in [0.15, 0.2) is 67.0 Å². The summed E-state index contributed by atoms with van der Waals surface area (Å²) in [5, 5.41) is 5.70. The average molecular weight is 383 g/mol. The molecule has 1 heterocycles. The fraction of sp³-hybridized carbons (Fsp3) is 0.167. The van der Waals surface area contributed by atoms with E-state index in [1.807, 2.05) is 12.1 Å². The highest BCUT2D eigenvalue weighted by atomic mass is 15.2. The molecular weight excluding hydrogens is 358 g/mol. The van der Waals surface area contributed by atoms with E-state index in [0.29, 0.717) is 17.3 Å². The largest absolute Gasteiger partial charge is 0.393 e. The number of fused-ring (bicyclic) bond motifs is 1. The summed E-state index contributed by atoms with van der Waals surface area (Å²) >= 11 is 0. The molecule has 1 aromatic heterocycles. The summed E-state index contributed by atoms with van der Waals surface area (Å²) < 4.78 is 0. The van der Waals surface area contributed by atoms with Gasteiger partial charge in [0, 0.05) is 17.6 Å². The average Bonchev–Trinajstić information content (AvgIpc) is 2.74. The van der Waals surface area contributed by atoms with E-state index in [-0.39, 0.29) is 0 Å². The summed E-state index contributed by atoms with van der Waals surface area (Å²) in [4.78, 5) is 11.0. The van der Waals surface area contributed by atoms with Crippen molar-refractivity contribution in [3.8, 4) is 0 Å². The first-order valence-corrected chi connectivity index (χ1v) is 9.78. The summed E-state index contributed by atoms with van der Waals surface area (Å²) in [6.07, 6.45) is 1.56. The number of nitrogen functional groups attached to an aromatic ring is 1. The van der Waals surface area contributed by atoms with Crippen molar-refractivity contribution in [2.24, 2.45) is 0 Å². The van der Waals surface area contributed by atoms with Gasteiger partial charge in [-0.25, -0.2) is 9.97 Å². The summed E-state index contributed by atoms with van der Waals surface area (Å²) in [7, 11) is 0. The number of aryl methyl sites for hydroxylation is 2. The van der Waals surface area contributed by atoms with Crippen molar-refractivity contribution >= 4 is 39.5 Å². The predicted octanol–water partition coefficient (Wildman–Crippen LogP) is 5.73. The Labute approximate surface area is 171 Å². The summed E-state index contributed by atoms with van der Waals surface area (Å²) in [6.45, 7) is 7.02. The van der Waals surface area contributed by atoms with Gasteiger partial charge in [0.25, 0.3) is 0 Å². The van der Waals surface area contributed by atoms with Crippen LogP contribution >= 0.6 is 0 Å². The third kappa shape index (κ3) is 3.59. The van der Waals surface area contributed by atoms with Gasteiger partial charge >= 0.3 is 0 Å². The van der Waals surface area contributed by atoms with Crippen molar-refractivity contribution in [1.82, 2.24) is 9.97 Å². The summed E-state index contributed by atoms with van der Waals surface area (Å²) in [5.74, 6) is 1.31. The second-order valence-corrected chi connectivity index (χ2v) is 7.13. The van der Waals surface area contributed by atoms with Gasteiger partial charge in [-0.2, -0.15) is 0 Å². The van der Waals surface area contributed by atoms with E-state index >= 15 is 0 Å². The van der Waals surface area contributed by atoms with E-state index in [4.69, 9.17) is 5.73 Å². The Morgan fingerprint density at radius 1 is 0.931 bits per heavy atom. The Morgan fingerprint density at radius 3 is 2.52 bits per heavy atom. The first-order chi connectivity index (χ1) is 14.1. The van der Waals surface area contributed by atoms with Crippen LogP contribution in [0, 0.1) is 13.8 Å². The number of nitrogens with one attached hydrogen (secondary N) is 1. The van der Waals surface area contributed by atoms with E-state index in [0.717, 1.165) is 17.9 Å². The van der Waals surface area contributed by atoms with E-state index < -0.39 is 0 Å². The zero-order valence-corrected chi connectivity index (χ0v) is 17.0. The summed E-state index contributed by atoms with van der Waals surface area (Å²) in [6, 6.07) is 20.8. The van der Waals surface area contributed by atoms with Gasteiger partial charge in [0.05, 0.1) is 5.69 Å². The van der Waals surface area contributed by atoms with Crippen LogP contribution < -0.4 is 16.0 Å². The van der Waals surface area contributed by atoms with Crippen LogP contribution in [-0.2, 0) is 0 Å². The van der Waals surface area contributed by atoms with Crippen LogP contribution in [0.1, 0.15) is 18.1 Å². The molecule has 0 aliphatic carbocycles. The van der Waals surface area contributed by atoms with Gasteiger partial charge in [-0.15, -0.1) is 0 Å². The molecule has 0 bridgehead atoms. The van der Waals surface area contributed by atoms with Gasteiger partial charge < -0.3 is 16.0 Å². The molecule has 0 radical (unpaired) electrons. The van der Waals surface area contributed by atoms with Gasteiger partial charge in [0.1, 0.15) is 12.0 Å². The predicted molar refractivity (Wildman–Crippen MR) is 122 cm³/mol. The van der Waals surface area contributed by atoms with Crippen molar-refractivity contribution in [2.75, 3.05) is 22.5 Å². The fourth-order valence-corrected chi connectivity index (χ4v) is 3.53. The Morgan fingerprint density at radius 2 is 1.72 bits per heavy atom. The molecule has 0 saturated carbocycles. The van der Waals surface area contributed by atoms with Gasteiger partial charge in [-0.1, -0.05) is 42.5 Å². The minimum Gasteiger partial charge on any atom is -0.393 e. The molecule has 0 atom stereocenters. The van der Waals surface area contributed by atoms with Crippen LogP contribution in [0.25, 0.3) is 10.8 Å². The number of anilines is 5. The fourth-order valence-electron chi connectivity index (χ4n) is 3.53. The molecule has 4 rings (SSSR count). The minimum atomic E-state index is 0.528. The summed E-state index contributed by atoms with van der Waals surface area (Å²) in [5.41, 5.74) is 11.6. The Balaban J connectivity index is 1.75. The SMILES string of the molecule is CCN(c1ncnc(Nc2ccc(C)c(C)c2)c1N)c1cccc2ccccc12. The maximum Gasteiger partial charge on any atom is 0.161 e. The third-order valence-electron chi connectivity index (χ3n) is 5.26. The van der Waals surface area contributed by atoms with Crippen LogP contribution in [-0.4, -0.2) is 16.5 Å². The standard InChI is InChI=1S/C24H25N5/c1-4-29(21-11-7-9-18-8-5-6-10-20(18)21)24-22(25)23(26-15-27-24)28-19-13-12-16(2)17(3)14-19/h5-15H,4,25H2,1-3H3,(H,26,27,28). The van der Waals surface area contributed by atoms with Crippen molar-refractivity contribution in [3.63, 3.8) is 0 Å². The highest BCUT2D eigenvalue weighted by molar-refractivity contribution is 5.97. The highest BCUT2D eigenvalue weighted by Gasteiger charge is 2.17. The van der Waals surface area contributed by atoms with Gasteiger partial charge in [0.2, 0.25) is 0 Å². The first-order valence-electron chi connectivity index (χ1n) is 9.78. The van der Waals surface area contributed by atoms with Crippen molar-refractivity contribution in [3.05, 3.63) is 78.1 Å². The zero-order valence-electron chi connectivity index (χ0n) is 17.0. The molecule has 4 aromatic rings. The number of nitrogens with two attached hydrogens (primary N) is 1. The molecule has 0 fully saturated rings. The number of benzene rings is 3. The van der Waals surface area contributed by atoms with Crippen molar-refractivity contribution in [1.29, 1.82) is 0 Å². The number of nitrogens with zero attached hydrogens (tertiary/aromatic N) is 3. The Kier molecular flexibility index (Phi) is 5.04. The molecule has 0 spiro atoms. The Bertz CT molecular complexity index is 1160. The lowest BCUT2D eigenvalue weighted by Gasteiger charge is -2.25. The lowest BCUT2D eigenvalue weighted by Crippen LogP contribution is -2.20. The third-order valence-corrected chi connectivity index (χ3v) is 5.26. The number of aromatic nitrogens is 2. The number of rotatable bonds is 5. The van der Waals surface area contributed by atoms with Gasteiger partial charge in [-0.3, -0.25) is 0 Å². The Hall–Kier alpha value is -3.60. The quantitative estimate of drug-likeness (QED) is 0.461. The molecule has 3 N–H and O–H groups in total. The van der Waals surface area contributed by atoms with Crippen LogP contribution in [0.4, 0.5) is 28.7 Å². The topological polar surface area (TPSA) is 67.1 Å². The zero-order chi connectivity index (χ0) is 20.4. The molecule has 0 amide bonds. The number of hydrogen-bond donors (Lipinski definition) is 2. The van der Waals surface area contributed by atoms with E-state index in [1.54, 1.807) is 6.33 Å². The molecule has 146 valence electrons. The lowest BCUT2D eigenvalue weighted by atomic mass is 10.1. The maximum absolute atomic E-state index is 6.53. The van der Waals surface area contributed by atoms with Crippen LogP contribution in [0.5, 0.6) is 0 Å². The smallest absolute Gasteiger partial charge is 0.161 e. The molecule has 29 heavy (non-hydrogen) atoms. The molecular formula is C24H25N5. The lowest BCUT2D eigenvalue weighted by molar-refractivity contribution is 0.985. The monoisotopic (exact) mass is 383 g/mol. The van der Waals surface area contributed by atoms with Crippen molar-refractivity contribution < 1.29 is 0 Å². The molecule has 0 aliphatic heterocycles. The van der Waals surface area contributed by atoms with Gasteiger partial charge in [0.15, 0.2) is 11.6 Å². The molecule has 5 nitrogen and oxygen atoms in total. The molecule has 5 heteroatoms. The molecule has 0 aliphatic rings. The van der Waals surface area contributed by atoms with Crippen molar-refractivity contribution in [2.45, 2.75) is 20.8 Å². The maximum atomic E-state index is 6.53. The normalized spacial score (nSPS) is 10.9. The van der Waals surface area contributed by atoms with Gasteiger partial charge in [-0.05, 0) is 55.5 Å². The molecule has 3 aromatic carbocycles. The van der Waals surface area contributed by atoms with Crippen LogP contribution in [0.3, 0.4) is 0 Å². The van der Waals surface area contributed by atoms with E-state index in [9.17, 15) is 0 Å². The van der Waals surface area contributed by atoms with Crippen LogP contribution in [0.2, 0.25) is 0 Å². The highest BCUT2D eigenvalue weighted by Crippen LogP contribution is 2.36.